The van der Waals surface area contributed by atoms with Crippen LogP contribution in [0.1, 0.15) is 65.3 Å². The van der Waals surface area contributed by atoms with Crippen LogP contribution in [-0.4, -0.2) is 26.8 Å². The Bertz CT molecular complexity index is 1170. The van der Waals surface area contributed by atoms with Gasteiger partial charge in [0.15, 0.2) is 0 Å². The Kier molecular flexibility index (Phi) is 4.85. The average molecular weight is 420 g/mol. The number of ether oxygens (including phenoxy) is 1. The molecule has 0 unspecified atom stereocenters. The Morgan fingerprint density at radius 2 is 2.03 bits per heavy atom. The van der Waals surface area contributed by atoms with Gasteiger partial charge in [0.25, 0.3) is 5.91 Å². The minimum atomic E-state index is -0.606. The molecule has 1 amide bonds. The van der Waals surface area contributed by atoms with Crippen molar-refractivity contribution < 1.29 is 13.9 Å². The molecule has 0 spiro atoms. The summed E-state index contributed by atoms with van der Waals surface area (Å²) in [4.78, 5) is 23.9. The molecule has 0 saturated heterocycles. The summed E-state index contributed by atoms with van der Waals surface area (Å²) < 4.78 is 20.5. The SMILES string of the molecule is CC(C)N(Cc1ccc(C2CC2)cn1)C(=O)c1cc2c3c(c(N)nc2cc1F)COC3. The number of anilines is 1. The summed E-state index contributed by atoms with van der Waals surface area (Å²) in [5.41, 5.74) is 10.2. The highest BCUT2D eigenvalue weighted by Crippen LogP contribution is 2.39. The van der Waals surface area contributed by atoms with Crippen molar-refractivity contribution in [1.82, 2.24) is 14.9 Å². The lowest BCUT2D eigenvalue weighted by atomic mass is 10.0. The second kappa shape index (κ2) is 7.57. The molecule has 1 aliphatic carbocycles. The fraction of sp³-hybridized carbons (Fsp3) is 0.375. The number of fused-ring (bicyclic) bond motifs is 3. The number of amides is 1. The van der Waals surface area contributed by atoms with Gasteiger partial charge in [-0.05, 0) is 55.9 Å². The molecule has 7 heteroatoms. The van der Waals surface area contributed by atoms with Gasteiger partial charge >= 0.3 is 0 Å². The Balaban J connectivity index is 1.49. The monoisotopic (exact) mass is 420 g/mol. The van der Waals surface area contributed by atoms with E-state index in [1.165, 1.54) is 24.5 Å². The number of nitrogens with zero attached hydrogens (tertiary/aromatic N) is 3. The van der Waals surface area contributed by atoms with Crippen molar-refractivity contribution >= 4 is 22.6 Å². The molecule has 0 atom stereocenters. The van der Waals surface area contributed by atoms with Crippen molar-refractivity contribution in [3.8, 4) is 0 Å². The zero-order valence-corrected chi connectivity index (χ0v) is 17.7. The lowest BCUT2D eigenvalue weighted by molar-refractivity contribution is 0.0683. The van der Waals surface area contributed by atoms with Crippen LogP contribution in [0.5, 0.6) is 0 Å². The van der Waals surface area contributed by atoms with Gasteiger partial charge in [0.2, 0.25) is 0 Å². The molecular weight excluding hydrogens is 395 g/mol. The highest BCUT2D eigenvalue weighted by molar-refractivity contribution is 5.99. The second-order valence-electron chi connectivity index (χ2n) is 8.68. The van der Waals surface area contributed by atoms with Gasteiger partial charge in [0.1, 0.15) is 11.6 Å². The van der Waals surface area contributed by atoms with E-state index in [1.807, 2.05) is 26.1 Å². The fourth-order valence-corrected chi connectivity index (χ4v) is 4.16. The van der Waals surface area contributed by atoms with Crippen LogP contribution in [0.25, 0.3) is 10.9 Å². The molecule has 1 aromatic carbocycles. The smallest absolute Gasteiger partial charge is 0.257 e. The van der Waals surface area contributed by atoms with E-state index >= 15 is 0 Å². The van der Waals surface area contributed by atoms with Gasteiger partial charge in [-0.15, -0.1) is 0 Å². The Morgan fingerprint density at radius 3 is 2.71 bits per heavy atom. The number of carbonyl (C=O) groups excluding carboxylic acids is 1. The molecule has 0 radical (unpaired) electrons. The maximum Gasteiger partial charge on any atom is 0.257 e. The van der Waals surface area contributed by atoms with E-state index in [1.54, 1.807) is 11.0 Å². The lowest BCUT2D eigenvalue weighted by Gasteiger charge is -2.27. The predicted octanol–water partition coefficient (Wildman–Crippen LogP) is 4.31. The van der Waals surface area contributed by atoms with Gasteiger partial charge in [-0.1, -0.05) is 6.07 Å². The molecular formula is C24H25FN4O2. The second-order valence-corrected chi connectivity index (χ2v) is 8.68. The van der Waals surface area contributed by atoms with Gasteiger partial charge in [-0.25, -0.2) is 9.37 Å². The third-order valence-corrected chi connectivity index (χ3v) is 6.16. The van der Waals surface area contributed by atoms with E-state index in [4.69, 9.17) is 10.5 Å². The van der Waals surface area contributed by atoms with Crippen LogP contribution in [-0.2, 0) is 24.5 Å². The summed E-state index contributed by atoms with van der Waals surface area (Å²) in [6.45, 7) is 4.92. The summed E-state index contributed by atoms with van der Waals surface area (Å²) in [5, 5.41) is 0.710. The topological polar surface area (TPSA) is 81.3 Å². The predicted molar refractivity (Wildman–Crippen MR) is 116 cm³/mol. The molecule has 31 heavy (non-hydrogen) atoms. The molecule has 3 heterocycles. The Morgan fingerprint density at radius 1 is 1.26 bits per heavy atom. The molecule has 2 aromatic heterocycles. The molecule has 5 rings (SSSR count). The van der Waals surface area contributed by atoms with E-state index in [0.29, 0.717) is 42.4 Å². The molecule has 1 aliphatic heterocycles. The van der Waals surface area contributed by atoms with E-state index in [-0.39, 0.29) is 17.5 Å². The first kappa shape index (κ1) is 19.9. The molecule has 3 aromatic rings. The molecule has 2 N–H and O–H groups in total. The van der Waals surface area contributed by atoms with Gasteiger partial charge < -0.3 is 15.4 Å². The minimum Gasteiger partial charge on any atom is -0.383 e. The first-order valence-electron chi connectivity index (χ1n) is 10.7. The number of rotatable bonds is 5. The molecule has 160 valence electrons. The first-order valence-corrected chi connectivity index (χ1v) is 10.7. The highest BCUT2D eigenvalue weighted by Gasteiger charge is 2.27. The van der Waals surface area contributed by atoms with Crippen molar-refractivity contribution in [3.05, 3.63) is 64.2 Å². The van der Waals surface area contributed by atoms with Crippen LogP contribution < -0.4 is 5.73 Å². The number of pyridine rings is 2. The number of halogens is 1. The van der Waals surface area contributed by atoms with Crippen LogP contribution >= 0.6 is 0 Å². The molecule has 2 aliphatic rings. The molecule has 1 fully saturated rings. The fourth-order valence-electron chi connectivity index (χ4n) is 4.16. The number of benzene rings is 1. The molecule has 1 saturated carbocycles. The van der Waals surface area contributed by atoms with E-state index in [2.05, 4.69) is 16.0 Å². The quantitative estimate of drug-likeness (QED) is 0.665. The van der Waals surface area contributed by atoms with Crippen molar-refractivity contribution in [3.63, 3.8) is 0 Å². The maximum atomic E-state index is 15.0. The highest BCUT2D eigenvalue weighted by atomic mass is 19.1. The number of hydrogen-bond donors (Lipinski definition) is 1. The molecule has 6 nitrogen and oxygen atoms in total. The van der Waals surface area contributed by atoms with Gasteiger partial charge in [0, 0.05) is 29.3 Å². The van der Waals surface area contributed by atoms with Crippen LogP contribution in [0, 0.1) is 5.82 Å². The van der Waals surface area contributed by atoms with Crippen molar-refractivity contribution in [2.24, 2.45) is 0 Å². The van der Waals surface area contributed by atoms with Gasteiger partial charge in [-0.3, -0.25) is 9.78 Å². The average Bonchev–Trinajstić information content (AvgIpc) is 3.47. The zero-order valence-electron chi connectivity index (χ0n) is 17.7. The Hall–Kier alpha value is -3.06. The van der Waals surface area contributed by atoms with Crippen LogP contribution in [0.2, 0.25) is 0 Å². The van der Waals surface area contributed by atoms with Crippen molar-refractivity contribution in [1.29, 1.82) is 0 Å². The number of hydrogen-bond acceptors (Lipinski definition) is 5. The van der Waals surface area contributed by atoms with Gasteiger partial charge in [0.05, 0.1) is 36.5 Å². The summed E-state index contributed by atoms with van der Waals surface area (Å²) in [5.74, 6) is 0.00496. The van der Waals surface area contributed by atoms with Crippen LogP contribution in [0.4, 0.5) is 10.2 Å². The van der Waals surface area contributed by atoms with Crippen LogP contribution in [0.15, 0.2) is 30.5 Å². The maximum absolute atomic E-state index is 15.0. The van der Waals surface area contributed by atoms with Crippen LogP contribution in [0.3, 0.4) is 0 Å². The first-order chi connectivity index (χ1) is 14.9. The van der Waals surface area contributed by atoms with Gasteiger partial charge in [-0.2, -0.15) is 0 Å². The van der Waals surface area contributed by atoms with E-state index in [0.717, 1.165) is 16.8 Å². The molecule has 0 bridgehead atoms. The van der Waals surface area contributed by atoms with E-state index < -0.39 is 5.82 Å². The summed E-state index contributed by atoms with van der Waals surface area (Å²) in [6.07, 6.45) is 4.33. The largest absolute Gasteiger partial charge is 0.383 e. The number of nitrogens with two attached hydrogens (primary N) is 1. The number of carbonyl (C=O) groups is 1. The van der Waals surface area contributed by atoms with Crippen molar-refractivity contribution in [2.75, 3.05) is 5.73 Å². The summed E-state index contributed by atoms with van der Waals surface area (Å²) >= 11 is 0. The normalized spacial score (nSPS) is 15.5. The van der Waals surface area contributed by atoms with Crippen molar-refractivity contribution in [2.45, 2.75) is 58.4 Å². The number of aromatic nitrogens is 2. The minimum absolute atomic E-state index is 0.0245. The standard InChI is InChI=1S/C24H25FN4O2/c1-13(2)29(10-16-6-5-15(9-27-16)14-3-4-14)24(30)18-7-17-19-11-31-12-20(19)23(26)28-22(17)8-21(18)25/h5-9,13-14H,3-4,10-12H2,1-2H3,(H2,26,28). The van der Waals surface area contributed by atoms with E-state index in [9.17, 15) is 9.18 Å². The lowest BCUT2D eigenvalue weighted by Crippen LogP contribution is -2.37. The Labute approximate surface area is 180 Å². The summed E-state index contributed by atoms with van der Waals surface area (Å²) in [7, 11) is 0. The summed E-state index contributed by atoms with van der Waals surface area (Å²) in [6, 6.07) is 6.80. The third-order valence-electron chi connectivity index (χ3n) is 6.16. The third kappa shape index (κ3) is 3.63. The number of nitrogen functional groups attached to an aromatic ring is 1. The zero-order chi connectivity index (χ0) is 21.7.